The van der Waals surface area contributed by atoms with Gasteiger partial charge in [0.15, 0.2) is 0 Å². The maximum Gasteiger partial charge on any atom is 0.0992 e. The van der Waals surface area contributed by atoms with E-state index >= 15 is 0 Å². The zero-order valence-corrected chi connectivity index (χ0v) is 12.2. The van der Waals surface area contributed by atoms with E-state index in [0.29, 0.717) is 0 Å². The molecule has 3 heteroatoms. The summed E-state index contributed by atoms with van der Waals surface area (Å²) in [6.45, 7) is 4.18. The van der Waals surface area contributed by atoms with Crippen molar-refractivity contribution in [2.75, 3.05) is 23.7 Å². The average Bonchev–Trinajstić information content (AvgIpc) is 3.16. The number of rotatable bonds is 0. The Kier molecular flexibility index (Phi) is 3.79. The second-order valence-corrected chi connectivity index (χ2v) is 5.44. The van der Waals surface area contributed by atoms with Crippen molar-refractivity contribution in [3.8, 4) is 6.07 Å². The summed E-state index contributed by atoms with van der Waals surface area (Å²) in [7, 11) is 0. The van der Waals surface area contributed by atoms with Crippen molar-refractivity contribution >= 4 is 11.4 Å². The van der Waals surface area contributed by atoms with Crippen molar-refractivity contribution in [2.45, 2.75) is 19.8 Å². The molecule has 0 spiro atoms. The summed E-state index contributed by atoms with van der Waals surface area (Å²) in [5.74, 6) is 0. The molecule has 4 rings (SSSR count). The molecule has 2 heterocycles. The molecule has 2 N–H and O–H groups in total. The summed E-state index contributed by atoms with van der Waals surface area (Å²) in [6.07, 6.45) is 2.28. The minimum absolute atomic E-state index is 0.751. The normalized spacial score (nSPS) is 13.9. The molecular weight excluding hydrogens is 258 g/mol. The molecule has 3 nitrogen and oxygen atoms in total. The van der Waals surface area contributed by atoms with E-state index in [0.717, 1.165) is 30.8 Å². The minimum Gasteiger partial charge on any atom is -0.384 e. The van der Waals surface area contributed by atoms with E-state index in [1.165, 1.54) is 28.8 Å². The van der Waals surface area contributed by atoms with E-state index in [9.17, 15) is 0 Å². The summed E-state index contributed by atoms with van der Waals surface area (Å²) < 4.78 is 0. The summed E-state index contributed by atoms with van der Waals surface area (Å²) in [4.78, 5) is 0. The maximum absolute atomic E-state index is 8.72. The third kappa shape index (κ3) is 2.85. The predicted molar refractivity (Wildman–Crippen MR) is 86.7 cm³/mol. The zero-order valence-electron chi connectivity index (χ0n) is 12.2. The third-order valence-electron chi connectivity index (χ3n) is 4.02. The molecular formula is C18H19N3. The molecule has 106 valence electrons. The van der Waals surface area contributed by atoms with Gasteiger partial charge in [-0.1, -0.05) is 18.2 Å². The molecule has 0 unspecified atom stereocenters. The Morgan fingerprint density at radius 1 is 1.00 bits per heavy atom. The maximum atomic E-state index is 8.72. The molecule has 2 aromatic carbocycles. The van der Waals surface area contributed by atoms with Crippen molar-refractivity contribution in [2.24, 2.45) is 0 Å². The first kappa shape index (κ1) is 13.5. The van der Waals surface area contributed by atoms with Crippen LogP contribution in [0.3, 0.4) is 0 Å². The molecule has 0 saturated heterocycles. The number of anilines is 2. The Hall–Kier alpha value is -2.47. The molecule has 0 amide bonds. The quantitative estimate of drug-likeness (QED) is 0.775. The van der Waals surface area contributed by atoms with Gasteiger partial charge in [0.05, 0.1) is 11.6 Å². The zero-order chi connectivity index (χ0) is 14.7. The Morgan fingerprint density at radius 2 is 1.76 bits per heavy atom. The molecule has 0 bridgehead atoms. The van der Waals surface area contributed by atoms with Crippen molar-refractivity contribution in [1.29, 1.82) is 5.26 Å². The van der Waals surface area contributed by atoms with Gasteiger partial charge in [-0.15, -0.1) is 0 Å². The first-order valence-corrected chi connectivity index (χ1v) is 7.37. The van der Waals surface area contributed by atoms with Crippen molar-refractivity contribution in [3.05, 3.63) is 58.7 Å². The van der Waals surface area contributed by atoms with E-state index in [2.05, 4.69) is 47.9 Å². The average molecular weight is 277 g/mol. The van der Waals surface area contributed by atoms with Gasteiger partial charge in [-0.05, 0) is 54.7 Å². The molecule has 0 atom stereocenters. The van der Waals surface area contributed by atoms with E-state index in [1.807, 2.05) is 12.1 Å². The Balaban J connectivity index is 0.000000131. The number of fused-ring (bicyclic) bond motifs is 2. The largest absolute Gasteiger partial charge is 0.384 e. The van der Waals surface area contributed by atoms with Crippen LogP contribution in [0.25, 0.3) is 0 Å². The number of nitriles is 1. The number of benzene rings is 2. The van der Waals surface area contributed by atoms with Gasteiger partial charge in [-0.3, -0.25) is 0 Å². The topological polar surface area (TPSA) is 47.9 Å². The van der Waals surface area contributed by atoms with Crippen LogP contribution >= 0.6 is 0 Å². The van der Waals surface area contributed by atoms with E-state index in [1.54, 1.807) is 0 Å². The molecule has 2 aliphatic rings. The Morgan fingerprint density at radius 3 is 2.57 bits per heavy atom. The van der Waals surface area contributed by atoms with Crippen LogP contribution in [0.2, 0.25) is 0 Å². The molecule has 0 saturated carbocycles. The Bertz CT molecular complexity index is 675. The van der Waals surface area contributed by atoms with E-state index < -0.39 is 0 Å². The first-order chi connectivity index (χ1) is 10.3. The monoisotopic (exact) mass is 277 g/mol. The molecule has 2 aliphatic heterocycles. The number of hydrogen-bond donors (Lipinski definition) is 2. The second kappa shape index (κ2) is 5.88. The fourth-order valence-corrected chi connectivity index (χ4v) is 2.94. The number of nitrogens with one attached hydrogen (secondary N) is 2. The summed E-state index contributed by atoms with van der Waals surface area (Å²) in [5.41, 5.74) is 7.27. The number of nitrogens with zero attached hydrogens (tertiary/aromatic N) is 1. The van der Waals surface area contributed by atoms with Gasteiger partial charge in [0.25, 0.3) is 0 Å². The summed E-state index contributed by atoms with van der Waals surface area (Å²) >= 11 is 0. The van der Waals surface area contributed by atoms with Gasteiger partial charge in [-0.25, -0.2) is 0 Å². The fraction of sp³-hybridized carbons (Fsp3) is 0.278. The lowest BCUT2D eigenvalue weighted by molar-refractivity contribution is 1.09. The summed E-state index contributed by atoms with van der Waals surface area (Å²) in [5, 5.41) is 15.3. The van der Waals surface area contributed by atoms with Crippen molar-refractivity contribution in [3.63, 3.8) is 0 Å². The minimum atomic E-state index is 0.751. The van der Waals surface area contributed by atoms with Crippen LogP contribution in [0, 0.1) is 18.3 Å². The molecule has 21 heavy (non-hydrogen) atoms. The van der Waals surface area contributed by atoms with Gasteiger partial charge in [0.1, 0.15) is 0 Å². The lowest BCUT2D eigenvalue weighted by Gasteiger charge is -2.03. The Labute approximate surface area is 125 Å². The number of hydrogen-bond acceptors (Lipinski definition) is 3. The van der Waals surface area contributed by atoms with E-state index in [-0.39, 0.29) is 0 Å². The second-order valence-electron chi connectivity index (χ2n) is 5.44. The fourth-order valence-electron chi connectivity index (χ4n) is 2.94. The highest BCUT2D eigenvalue weighted by atomic mass is 14.9. The van der Waals surface area contributed by atoms with E-state index in [4.69, 9.17) is 5.26 Å². The molecule has 0 aromatic heterocycles. The molecule has 0 aliphatic carbocycles. The van der Waals surface area contributed by atoms with Gasteiger partial charge < -0.3 is 10.6 Å². The lowest BCUT2D eigenvalue weighted by Crippen LogP contribution is -1.90. The van der Waals surface area contributed by atoms with Gasteiger partial charge in [-0.2, -0.15) is 5.26 Å². The smallest absolute Gasteiger partial charge is 0.0992 e. The van der Waals surface area contributed by atoms with Gasteiger partial charge in [0.2, 0.25) is 0 Å². The van der Waals surface area contributed by atoms with Gasteiger partial charge >= 0.3 is 0 Å². The highest BCUT2D eigenvalue weighted by Gasteiger charge is 2.12. The highest BCUT2D eigenvalue weighted by molar-refractivity contribution is 5.62. The molecule has 0 fully saturated rings. The van der Waals surface area contributed by atoms with Gasteiger partial charge in [0, 0.05) is 24.5 Å². The lowest BCUT2D eigenvalue weighted by atomic mass is 10.0. The summed E-state index contributed by atoms with van der Waals surface area (Å²) in [6, 6.07) is 14.5. The molecule has 2 aromatic rings. The number of aryl methyl sites for hydroxylation is 1. The SMILES string of the molecule is Cc1cc(C#N)cc2c1CCN2.c1ccc2c(c1)CCN2. The highest BCUT2D eigenvalue weighted by Crippen LogP contribution is 2.26. The first-order valence-electron chi connectivity index (χ1n) is 7.37. The predicted octanol–water partition coefficient (Wildman–Crippen LogP) is 3.49. The standard InChI is InChI=1S/C10H10N2.C8H9N/c1-7-4-8(6-11)5-10-9(7)2-3-12-10;1-2-4-8-7(3-1)5-6-9-8/h4-5,12H,2-3H2,1H3;1-4,9H,5-6H2. The number of para-hydroxylation sites is 1. The third-order valence-corrected chi connectivity index (χ3v) is 4.02. The van der Waals surface area contributed by atoms with Crippen LogP contribution in [0.5, 0.6) is 0 Å². The van der Waals surface area contributed by atoms with Crippen LogP contribution in [-0.4, -0.2) is 13.1 Å². The van der Waals surface area contributed by atoms with Crippen LogP contribution in [-0.2, 0) is 12.8 Å². The van der Waals surface area contributed by atoms with Crippen LogP contribution in [0.1, 0.15) is 22.3 Å². The van der Waals surface area contributed by atoms with Crippen molar-refractivity contribution in [1.82, 2.24) is 0 Å². The van der Waals surface area contributed by atoms with Crippen LogP contribution in [0.4, 0.5) is 11.4 Å². The molecule has 0 radical (unpaired) electrons. The van der Waals surface area contributed by atoms with Crippen molar-refractivity contribution < 1.29 is 0 Å². The van der Waals surface area contributed by atoms with Crippen LogP contribution in [0.15, 0.2) is 36.4 Å². The van der Waals surface area contributed by atoms with Crippen LogP contribution < -0.4 is 10.6 Å².